The van der Waals surface area contributed by atoms with Crippen LogP contribution in [0.4, 0.5) is 11.4 Å². The predicted octanol–water partition coefficient (Wildman–Crippen LogP) is 5.41. The molecule has 33 heavy (non-hydrogen) atoms. The lowest BCUT2D eigenvalue weighted by atomic mass is 10.1. The van der Waals surface area contributed by atoms with E-state index in [0.717, 1.165) is 69.3 Å². The van der Waals surface area contributed by atoms with E-state index in [1.54, 1.807) is 7.11 Å². The first-order valence-electron chi connectivity index (χ1n) is 12.2. The summed E-state index contributed by atoms with van der Waals surface area (Å²) in [4.78, 5) is 7.55. The third-order valence-electron chi connectivity index (χ3n) is 6.97. The molecule has 5 nitrogen and oxygen atoms in total. The van der Waals surface area contributed by atoms with Gasteiger partial charge in [-0.25, -0.2) is 0 Å². The first-order chi connectivity index (χ1) is 16.2. The van der Waals surface area contributed by atoms with Crippen LogP contribution in [0.2, 0.25) is 0 Å². The van der Waals surface area contributed by atoms with E-state index < -0.39 is 0 Å². The number of thiophene rings is 1. The number of aryl methyl sites for hydroxylation is 1. The minimum absolute atomic E-state index is 0.717. The molecule has 5 rings (SSSR count). The highest BCUT2D eigenvalue weighted by atomic mass is 32.1. The van der Waals surface area contributed by atoms with Crippen molar-refractivity contribution in [3.8, 4) is 11.5 Å². The molecule has 0 saturated carbocycles. The van der Waals surface area contributed by atoms with Crippen LogP contribution in [0, 0.1) is 6.92 Å². The summed E-state index contributed by atoms with van der Waals surface area (Å²) in [5.74, 6) is 1.75. The molecule has 0 radical (unpaired) electrons. The van der Waals surface area contributed by atoms with Gasteiger partial charge in [-0.2, -0.15) is 0 Å². The van der Waals surface area contributed by atoms with E-state index in [2.05, 4.69) is 63.4 Å². The topological polar surface area (TPSA) is 28.2 Å². The fourth-order valence-corrected chi connectivity index (χ4v) is 5.95. The molecule has 0 atom stereocenters. The monoisotopic (exact) mass is 465 g/mol. The number of methoxy groups -OCH3 is 1. The van der Waals surface area contributed by atoms with Crippen molar-refractivity contribution in [3.05, 3.63) is 47.3 Å². The lowest BCUT2D eigenvalue weighted by Crippen LogP contribution is -2.46. The summed E-state index contributed by atoms with van der Waals surface area (Å²) in [5, 5.41) is 3.59. The Morgan fingerprint density at radius 1 is 0.939 bits per heavy atom. The largest absolute Gasteiger partial charge is 0.493 e. The number of nitrogens with zero attached hydrogens (tertiary/aromatic N) is 3. The minimum Gasteiger partial charge on any atom is -0.493 e. The normalized spacial score (nSPS) is 17.2. The van der Waals surface area contributed by atoms with Crippen molar-refractivity contribution in [2.75, 3.05) is 69.3 Å². The molecule has 1 aromatic heterocycles. The number of benzene rings is 2. The van der Waals surface area contributed by atoms with E-state index in [4.69, 9.17) is 9.47 Å². The minimum atomic E-state index is 0.717. The van der Waals surface area contributed by atoms with Gasteiger partial charge in [0, 0.05) is 73.3 Å². The molecule has 0 bridgehead atoms. The summed E-state index contributed by atoms with van der Waals surface area (Å²) in [6, 6.07) is 13.3. The van der Waals surface area contributed by atoms with Crippen LogP contribution in [0.5, 0.6) is 11.5 Å². The van der Waals surface area contributed by atoms with Crippen LogP contribution in [0.15, 0.2) is 41.8 Å². The van der Waals surface area contributed by atoms with Gasteiger partial charge >= 0.3 is 0 Å². The van der Waals surface area contributed by atoms with Gasteiger partial charge in [0.25, 0.3) is 0 Å². The fraction of sp³-hybridized carbons (Fsp3) is 0.481. The molecule has 0 aliphatic carbocycles. The second-order valence-corrected chi connectivity index (χ2v) is 10.1. The van der Waals surface area contributed by atoms with Crippen LogP contribution in [-0.2, 0) is 0 Å². The van der Waals surface area contributed by atoms with Gasteiger partial charge in [0.15, 0.2) is 11.5 Å². The molecule has 2 fully saturated rings. The smallest absolute Gasteiger partial charge is 0.164 e. The zero-order valence-corrected chi connectivity index (χ0v) is 20.7. The number of hydrogen-bond acceptors (Lipinski definition) is 6. The third kappa shape index (κ3) is 4.92. The Morgan fingerprint density at radius 2 is 1.76 bits per heavy atom. The molecule has 176 valence electrons. The van der Waals surface area contributed by atoms with Crippen LogP contribution in [0.25, 0.3) is 10.1 Å². The van der Waals surface area contributed by atoms with Gasteiger partial charge in [-0.15, -0.1) is 11.3 Å². The molecular weight excluding hydrogens is 430 g/mol. The second kappa shape index (κ2) is 10.2. The number of fused-ring (bicyclic) bond motifs is 1. The second-order valence-electron chi connectivity index (χ2n) is 9.13. The average Bonchev–Trinajstić information content (AvgIpc) is 3.55. The molecule has 2 aromatic carbocycles. The van der Waals surface area contributed by atoms with Gasteiger partial charge in [-0.05, 0) is 61.4 Å². The number of hydrogen-bond donors (Lipinski definition) is 0. The number of rotatable bonds is 8. The van der Waals surface area contributed by atoms with Crippen molar-refractivity contribution < 1.29 is 9.47 Å². The van der Waals surface area contributed by atoms with E-state index in [0.29, 0.717) is 6.61 Å². The molecule has 0 N–H and O–H groups in total. The summed E-state index contributed by atoms with van der Waals surface area (Å²) >= 11 is 1.83. The number of ether oxygens (including phenoxy) is 2. The summed E-state index contributed by atoms with van der Waals surface area (Å²) in [6.07, 6.45) is 3.58. The van der Waals surface area contributed by atoms with E-state index in [1.165, 1.54) is 34.3 Å². The van der Waals surface area contributed by atoms with Crippen molar-refractivity contribution in [1.29, 1.82) is 0 Å². The summed E-state index contributed by atoms with van der Waals surface area (Å²) in [7, 11) is 1.74. The maximum Gasteiger partial charge on any atom is 0.164 e. The highest BCUT2D eigenvalue weighted by Gasteiger charge is 2.20. The average molecular weight is 466 g/mol. The van der Waals surface area contributed by atoms with E-state index in [-0.39, 0.29) is 0 Å². The molecule has 3 aromatic rings. The molecule has 6 heteroatoms. The summed E-state index contributed by atoms with van der Waals surface area (Å²) < 4.78 is 13.3. The van der Waals surface area contributed by atoms with Gasteiger partial charge in [0.05, 0.1) is 13.7 Å². The predicted molar refractivity (Wildman–Crippen MR) is 140 cm³/mol. The molecule has 0 unspecified atom stereocenters. The van der Waals surface area contributed by atoms with E-state index in [1.807, 2.05) is 11.3 Å². The quantitative estimate of drug-likeness (QED) is 0.415. The Balaban J connectivity index is 1.11. The molecule has 0 spiro atoms. The Morgan fingerprint density at radius 3 is 2.55 bits per heavy atom. The molecule has 2 aliphatic heterocycles. The SMILES string of the molecule is COc1cc(N2CCCC2)cc(C)c1OCCCN1CCN(c2cccc3sccc23)CC1. The van der Waals surface area contributed by atoms with Gasteiger partial charge in [0.1, 0.15) is 0 Å². The third-order valence-corrected chi connectivity index (χ3v) is 7.85. The van der Waals surface area contributed by atoms with Crippen molar-refractivity contribution in [2.45, 2.75) is 26.2 Å². The standard InChI is InChI=1S/C27H35N3O2S/c1-21-19-22(29-11-3-4-12-29)20-25(31-2)27(21)32-17-6-10-28-13-15-30(16-14-28)24-7-5-8-26-23(24)9-18-33-26/h5,7-9,18-20H,3-4,6,10-17H2,1-2H3. The fourth-order valence-electron chi connectivity index (χ4n) is 5.15. The van der Waals surface area contributed by atoms with Crippen molar-refractivity contribution in [3.63, 3.8) is 0 Å². The van der Waals surface area contributed by atoms with Crippen molar-refractivity contribution >= 4 is 32.8 Å². The zero-order chi connectivity index (χ0) is 22.6. The van der Waals surface area contributed by atoms with Gasteiger partial charge < -0.3 is 19.3 Å². The Hall–Kier alpha value is -2.44. The molecule has 2 aliphatic rings. The van der Waals surface area contributed by atoms with E-state index in [9.17, 15) is 0 Å². The van der Waals surface area contributed by atoms with Gasteiger partial charge in [-0.1, -0.05) is 6.07 Å². The lowest BCUT2D eigenvalue weighted by molar-refractivity contribution is 0.221. The number of piperazine rings is 1. The highest BCUT2D eigenvalue weighted by Crippen LogP contribution is 2.37. The highest BCUT2D eigenvalue weighted by molar-refractivity contribution is 7.17. The molecular formula is C27H35N3O2S. The Bertz CT molecular complexity index is 1070. The summed E-state index contributed by atoms with van der Waals surface area (Å²) in [5.41, 5.74) is 3.80. The van der Waals surface area contributed by atoms with Crippen LogP contribution in [0.1, 0.15) is 24.8 Å². The Kier molecular flexibility index (Phi) is 6.93. The maximum absolute atomic E-state index is 6.22. The van der Waals surface area contributed by atoms with Crippen LogP contribution < -0.4 is 19.3 Å². The van der Waals surface area contributed by atoms with Crippen molar-refractivity contribution in [1.82, 2.24) is 4.90 Å². The van der Waals surface area contributed by atoms with Crippen LogP contribution in [0.3, 0.4) is 0 Å². The molecule has 3 heterocycles. The van der Waals surface area contributed by atoms with Crippen LogP contribution in [-0.4, -0.2) is 64.4 Å². The first kappa shape index (κ1) is 22.4. The van der Waals surface area contributed by atoms with Crippen molar-refractivity contribution in [2.24, 2.45) is 0 Å². The molecule has 0 amide bonds. The van der Waals surface area contributed by atoms with Crippen LogP contribution >= 0.6 is 11.3 Å². The zero-order valence-electron chi connectivity index (χ0n) is 19.9. The van der Waals surface area contributed by atoms with Gasteiger partial charge in [0.2, 0.25) is 0 Å². The molecule has 2 saturated heterocycles. The van der Waals surface area contributed by atoms with Gasteiger partial charge in [-0.3, -0.25) is 4.90 Å². The Labute approximate surface area is 201 Å². The lowest BCUT2D eigenvalue weighted by Gasteiger charge is -2.36. The first-order valence-corrected chi connectivity index (χ1v) is 13.1. The summed E-state index contributed by atoms with van der Waals surface area (Å²) in [6.45, 7) is 10.6. The van der Waals surface area contributed by atoms with E-state index >= 15 is 0 Å². The number of anilines is 2. The maximum atomic E-state index is 6.22.